The van der Waals surface area contributed by atoms with Crippen molar-refractivity contribution < 1.29 is 9.47 Å². The second-order valence-electron chi connectivity index (χ2n) is 7.32. The predicted molar refractivity (Wildman–Crippen MR) is 95.0 cm³/mol. The van der Waals surface area contributed by atoms with Gasteiger partial charge in [0.1, 0.15) is 5.75 Å². The fourth-order valence-corrected chi connectivity index (χ4v) is 3.82. The molecule has 2 aliphatic rings. The fraction of sp³-hybridized carbons (Fsp3) is 0.619. The summed E-state index contributed by atoms with van der Waals surface area (Å²) in [6.07, 6.45) is 12.9. The summed E-state index contributed by atoms with van der Waals surface area (Å²) in [5, 5.41) is 0. The quantitative estimate of drug-likeness (QED) is 0.698. The van der Waals surface area contributed by atoms with Gasteiger partial charge in [-0.2, -0.15) is 0 Å². The zero-order valence-electron chi connectivity index (χ0n) is 14.5. The largest absolute Gasteiger partial charge is 0.497 e. The molecule has 2 nitrogen and oxygen atoms in total. The van der Waals surface area contributed by atoms with Gasteiger partial charge >= 0.3 is 0 Å². The molecule has 1 aliphatic heterocycles. The molecular formula is C21H30O2. The van der Waals surface area contributed by atoms with E-state index in [0.717, 1.165) is 30.6 Å². The molecule has 0 N–H and O–H groups in total. The lowest BCUT2D eigenvalue weighted by Crippen LogP contribution is -2.23. The normalized spacial score (nSPS) is 32.1. The standard InChI is InChI=1S/C21H30O2/c1-16-3-5-17(6-4-16)7-11-21-14-10-19(15-23-21)18-8-12-20(22-2)13-9-18/h7-9,11-13,16-17,19,21H,3-6,10,14-15H2,1-2H3/b11-7+. The highest BCUT2D eigenvalue weighted by Crippen LogP contribution is 2.32. The lowest BCUT2D eigenvalue weighted by atomic mass is 9.82. The summed E-state index contributed by atoms with van der Waals surface area (Å²) in [6, 6.07) is 8.44. The summed E-state index contributed by atoms with van der Waals surface area (Å²) in [4.78, 5) is 0. The second kappa shape index (κ2) is 8.01. The van der Waals surface area contributed by atoms with E-state index in [1.54, 1.807) is 7.11 Å². The van der Waals surface area contributed by atoms with Crippen LogP contribution in [0.15, 0.2) is 36.4 Å². The van der Waals surface area contributed by atoms with Crippen molar-refractivity contribution in [1.82, 2.24) is 0 Å². The molecule has 0 aromatic heterocycles. The number of benzene rings is 1. The zero-order valence-corrected chi connectivity index (χ0v) is 14.5. The lowest BCUT2D eigenvalue weighted by Gasteiger charge is -2.29. The lowest BCUT2D eigenvalue weighted by molar-refractivity contribution is 0.0323. The molecule has 2 fully saturated rings. The molecule has 1 aromatic rings. The van der Waals surface area contributed by atoms with Gasteiger partial charge in [-0.3, -0.25) is 0 Å². The summed E-state index contributed by atoms with van der Waals surface area (Å²) in [7, 11) is 1.71. The van der Waals surface area contributed by atoms with E-state index in [2.05, 4.69) is 31.2 Å². The van der Waals surface area contributed by atoms with Crippen molar-refractivity contribution in [1.29, 1.82) is 0 Å². The van der Waals surface area contributed by atoms with E-state index >= 15 is 0 Å². The van der Waals surface area contributed by atoms with Gasteiger partial charge in [0.2, 0.25) is 0 Å². The SMILES string of the molecule is COc1ccc(C2CCC(/C=C/C3CCC(C)CC3)OC2)cc1. The summed E-state index contributed by atoms with van der Waals surface area (Å²) in [6.45, 7) is 3.21. The third-order valence-corrected chi connectivity index (χ3v) is 5.56. The first-order chi connectivity index (χ1) is 11.2. The maximum atomic E-state index is 6.10. The van der Waals surface area contributed by atoms with Crippen LogP contribution in [-0.2, 0) is 4.74 Å². The van der Waals surface area contributed by atoms with Gasteiger partial charge in [-0.15, -0.1) is 0 Å². The van der Waals surface area contributed by atoms with E-state index < -0.39 is 0 Å². The zero-order chi connectivity index (χ0) is 16.1. The predicted octanol–water partition coefficient (Wildman–Crippen LogP) is 5.34. The van der Waals surface area contributed by atoms with E-state index in [9.17, 15) is 0 Å². The topological polar surface area (TPSA) is 18.5 Å². The van der Waals surface area contributed by atoms with Crippen molar-refractivity contribution in [2.45, 2.75) is 57.5 Å². The number of rotatable bonds is 4. The molecule has 2 atom stereocenters. The number of ether oxygens (including phenoxy) is 2. The molecule has 1 aliphatic carbocycles. The molecule has 2 heteroatoms. The maximum absolute atomic E-state index is 6.10. The van der Waals surface area contributed by atoms with Gasteiger partial charge in [0.05, 0.1) is 19.8 Å². The van der Waals surface area contributed by atoms with Crippen molar-refractivity contribution in [3.05, 3.63) is 42.0 Å². The monoisotopic (exact) mass is 314 g/mol. The maximum Gasteiger partial charge on any atom is 0.118 e. The van der Waals surface area contributed by atoms with Crippen LogP contribution in [0.4, 0.5) is 0 Å². The van der Waals surface area contributed by atoms with Crippen LogP contribution in [0.3, 0.4) is 0 Å². The van der Waals surface area contributed by atoms with Crippen molar-refractivity contribution in [3.8, 4) is 5.75 Å². The Hall–Kier alpha value is -1.28. The van der Waals surface area contributed by atoms with Crippen LogP contribution >= 0.6 is 0 Å². The second-order valence-corrected chi connectivity index (χ2v) is 7.32. The highest BCUT2D eigenvalue weighted by Gasteiger charge is 2.22. The van der Waals surface area contributed by atoms with E-state index in [0.29, 0.717) is 12.0 Å². The van der Waals surface area contributed by atoms with E-state index in [1.165, 1.54) is 37.7 Å². The van der Waals surface area contributed by atoms with Crippen LogP contribution in [0, 0.1) is 11.8 Å². The van der Waals surface area contributed by atoms with Crippen LogP contribution in [0.1, 0.15) is 56.9 Å². The van der Waals surface area contributed by atoms with Gasteiger partial charge in [0.25, 0.3) is 0 Å². The van der Waals surface area contributed by atoms with Crippen LogP contribution in [0.25, 0.3) is 0 Å². The molecule has 3 rings (SSSR count). The fourth-order valence-electron chi connectivity index (χ4n) is 3.82. The van der Waals surface area contributed by atoms with E-state index in [4.69, 9.17) is 9.47 Å². The Morgan fingerprint density at radius 2 is 1.70 bits per heavy atom. The first kappa shape index (κ1) is 16.6. The van der Waals surface area contributed by atoms with Gasteiger partial charge in [-0.25, -0.2) is 0 Å². The molecule has 0 bridgehead atoms. The molecule has 23 heavy (non-hydrogen) atoms. The minimum Gasteiger partial charge on any atom is -0.497 e. The van der Waals surface area contributed by atoms with Crippen molar-refractivity contribution in [3.63, 3.8) is 0 Å². The van der Waals surface area contributed by atoms with Gasteiger partial charge in [-0.1, -0.05) is 44.1 Å². The Bertz CT molecular complexity index is 489. The van der Waals surface area contributed by atoms with Crippen molar-refractivity contribution in [2.24, 2.45) is 11.8 Å². The summed E-state index contributed by atoms with van der Waals surface area (Å²) in [5.74, 6) is 3.17. The Morgan fingerprint density at radius 3 is 2.30 bits per heavy atom. The Balaban J connectivity index is 1.46. The third kappa shape index (κ3) is 4.60. The van der Waals surface area contributed by atoms with Gasteiger partial charge in [0, 0.05) is 5.92 Å². The molecule has 1 saturated carbocycles. The number of hydrogen-bond donors (Lipinski definition) is 0. The number of hydrogen-bond acceptors (Lipinski definition) is 2. The highest BCUT2D eigenvalue weighted by molar-refractivity contribution is 5.29. The Kier molecular flexibility index (Phi) is 5.77. The summed E-state index contributed by atoms with van der Waals surface area (Å²) < 4.78 is 11.3. The smallest absolute Gasteiger partial charge is 0.118 e. The molecule has 0 amide bonds. The molecule has 1 heterocycles. The average Bonchev–Trinajstić information content (AvgIpc) is 2.62. The minimum absolute atomic E-state index is 0.323. The van der Waals surface area contributed by atoms with E-state index in [1.807, 2.05) is 12.1 Å². The molecule has 1 aromatic carbocycles. The molecule has 0 spiro atoms. The molecule has 1 saturated heterocycles. The number of allylic oxidation sites excluding steroid dienone is 1. The minimum atomic E-state index is 0.323. The van der Waals surface area contributed by atoms with Gasteiger partial charge < -0.3 is 9.47 Å². The van der Waals surface area contributed by atoms with E-state index in [-0.39, 0.29) is 0 Å². The molecule has 126 valence electrons. The van der Waals surface area contributed by atoms with Crippen LogP contribution in [-0.4, -0.2) is 19.8 Å². The summed E-state index contributed by atoms with van der Waals surface area (Å²) in [5.41, 5.74) is 1.37. The summed E-state index contributed by atoms with van der Waals surface area (Å²) >= 11 is 0. The van der Waals surface area contributed by atoms with Gasteiger partial charge in [0.15, 0.2) is 0 Å². The Labute approximate surface area is 140 Å². The van der Waals surface area contributed by atoms with Crippen molar-refractivity contribution >= 4 is 0 Å². The van der Waals surface area contributed by atoms with Crippen LogP contribution in [0.5, 0.6) is 5.75 Å². The van der Waals surface area contributed by atoms with Crippen molar-refractivity contribution in [2.75, 3.05) is 13.7 Å². The van der Waals surface area contributed by atoms with Gasteiger partial charge in [-0.05, 0) is 55.2 Å². The molecular weight excluding hydrogens is 284 g/mol. The number of methoxy groups -OCH3 is 1. The van der Waals surface area contributed by atoms with Crippen LogP contribution in [0.2, 0.25) is 0 Å². The molecule has 2 unspecified atom stereocenters. The average molecular weight is 314 g/mol. The first-order valence-corrected chi connectivity index (χ1v) is 9.18. The Morgan fingerprint density at radius 1 is 0.957 bits per heavy atom. The third-order valence-electron chi connectivity index (χ3n) is 5.56. The highest BCUT2D eigenvalue weighted by atomic mass is 16.5. The van der Waals surface area contributed by atoms with Crippen LogP contribution < -0.4 is 4.74 Å². The molecule has 0 radical (unpaired) electrons. The first-order valence-electron chi connectivity index (χ1n) is 9.18.